The van der Waals surface area contributed by atoms with Gasteiger partial charge in [-0.3, -0.25) is 4.79 Å². The molecule has 2 aliphatic heterocycles. The molecule has 1 aromatic heterocycles. The monoisotopic (exact) mass is 427 g/mol. The number of hydrogen-bond acceptors (Lipinski definition) is 5. The number of carbonyl (C=O) groups excluding carboxylic acids is 1. The van der Waals surface area contributed by atoms with Crippen molar-refractivity contribution in [3.8, 4) is 5.75 Å². The third-order valence-corrected chi connectivity index (χ3v) is 6.37. The minimum Gasteiger partial charge on any atom is -0.506 e. The lowest BCUT2D eigenvalue weighted by molar-refractivity contribution is 0.0934. The van der Waals surface area contributed by atoms with Crippen molar-refractivity contribution in [1.82, 2.24) is 10.2 Å². The number of nitrogens with one attached hydrogen (secondary N) is 2. The number of phenols is 1. The number of hydrogen-bond donors (Lipinski definition) is 3. The van der Waals surface area contributed by atoms with Crippen molar-refractivity contribution in [3.05, 3.63) is 43.2 Å². The summed E-state index contributed by atoms with van der Waals surface area (Å²) < 4.78 is 0.499. The number of thiophene rings is 1. The third kappa shape index (κ3) is 2.60. The van der Waals surface area contributed by atoms with Crippen LogP contribution in [0.5, 0.6) is 5.75 Å². The van der Waals surface area contributed by atoms with Gasteiger partial charge in [0.15, 0.2) is 0 Å². The fourth-order valence-corrected chi connectivity index (χ4v) is 5.39. The van der Waals surface area contributed by atoms with E-state index in [1.807, 2.05) is 0 Å². The third-order valence-electron chi connectivity index (χ3n) is 4.39. The van der Waals surface area contributed by atoms with Crippen molar-refractivity contribution >= 4 is 49.8 Å². The number of benzene rings is 1. The van der Waals surface area contributed by atoms with Gasteiger partial charge in [0.1, 0.15) is 16.9 Å². The molecule has 0 spiro atoms. The van der Waals surface area contributed by atoms with E-state index in [1.54, 1.807) is 23.5 Å². The zero-order valence-corrected chi connectivity index (χ0v) is 16.0. The van der Waals surface area contributed by atoms with Gasteiger partial charge in [-0.25, -0.2) is 0 Å². The number of aromatic hydroxyl groups is 1. The largest absolute Gasteiger partial charge is 0.506 e. The summed E-state index contributed by atoms with van der Waals surface area (Å²) in [4.78, 5) is 16.2. The lowest BCUT2D eigenvalue weighted by Crippen LogP contribution is -2.38. The average Bonchev–Trinajstić information content (AvgIpc) is 2.88. The molecule has 8 heteroatoms. The van der Waals surface area contributed by atoms with Crippen LogP contribution in [0.1, 0.15) is 32.5 Å². The molecule has 0 saturated heterocycles. The van der Waals surface area contributed by atoms with Gasteiger partial charge in [-0.05, 0) is 47.1 Å². The van der Waals surface area contributed by atoms with E-state index in [-0.39, 0.29) is 11.7 Å². The zero-order chi connectivity index (χ0) is 17.0. The van der Waals surface area contributed by atoms with E-state index < -0.39 is 6.17 Å². The maximum absolute atomic E-state index is 12.7. The van der Waals surface area contributed by atoms with Gasteiger partial charge in [-0.15, -0.1) is 11.3 Å². The molecule has 3 N–H and O–H groups in total. The highest BCUT2D eigenvalue weighted by Gasteiger charge is 2.33. The molecule has 126 valence electrons. The number of phenolic OH excluding ortho intramolecular Hbond substituents is 1. The standard InChI is InChI=1S/C16H15BrClN3O2S/c1-21-3-2-8-11(6-21)24-16-12(8)15(23)19-14(20-16)9-4-7(18)5-10(17)13(9)22/h4-5,14,20,22H,2-3,6H2,1H3,(H,19,23)/t14-/m0/s1. The van der Waals surface area contributed by atoms with Crippen LogP contribution in [0, 0.1) is 0 Å². The van der Waals surface area contributed by atoms with Crippen LogP contribution in [0.2, 0.25) is 5.02 Å². The Hall–Kier alpha value is -1.28. The number of halogens is 2. The lowest BCUT2D eigenvalue weighted by atomic mass is 10.0. The summed E-state index contributed by atoms with van der Waals surface area (Å²) in [5.74, 6) is -0.0343. The van der Waals surface area contributed by atoms with Gasteiger partial charge in [0.05, 0.1) is 10.0 Å². The number of anilines is 1. The van der Waals surface area contributed by atoms with Gasteiger partial charge < -0.3 is 20.6 Å². The number of likely N-dealkylation sites (N-methyl/N-ethyl adjacent to an activating group) is 1. The minimum absolute atomic E-state index is 0.0710. The summed E-state index contributed by atoms with van der Waals surface area (Å²) in [6.45, 7) is 1.81. The number of nitrogens with zero attached hydrogens (tertiary/aromatic N) is 1. The molecular formula is C16H15BrClN3O2S. The van der Waals surface area contributed by atoms with E-state index in [4.69, 9.17) is 11.6 Å². The second-order valence-corrected chi connectivity index (χ2v) is 8.47. The molecule has 0 fully saturated rings. The van der Waals surface area contributed by atoms with E-state index >= 15 is 0 Å². The summed E-state index contributed by atoms with van der Waals surface area (Å²) >= 11 is 11.0. The van der Waals surface area contributed by atoms with Crippen molar-refractivity contribution in [2.24, 2.45) is 0 Å². The SMILES string of the molecule is CN1CCc2c(sc3c2C(=O)N[C@H](c2cc(Cl)cc(Br)c2O)N3)C1. The molecule has 0 saturated carbocycles. The van der Waals surface area contributed by atoms with Crippen molar-refractivity contribution in [3.63, 3.8) is 0 Å². The van der Waals surface area contributed by atoms with Crippen molar-refractivity contribution < 1.29 is 9.90 Å². The molecule has 4 rings (SSSR count). The number of amides is 1. The topological polar surface area (TPSA) is 64.6 Å². The smallest absolute Gasteiger partial charge is 0.256 e. The Bertz CT molecular complexity index is 854. The molecule has 2 aromatic rings. The molecular weight excluding hydrogens is 414 g/mol. The quantitative estimate of drug-likeness (QED) is 0.648. The van der Waals surface area contributed by atoms with E-state index in [0.717, 1.165) is 35.6 Å². The number of carbonyl (C=O) groups is 1. The maximum Gasteiger partial charge on any atom is 0.256 e. The first-order chi connectivity index (χ1) is 11.4. The predicted octanol–water partition coefficient (Wildman–Crippen LogP) is 3.71. The Morgan fingerprint density at radius 2 is 2.21 bits per heavy atom. The number of rotatable bonds is 1. The molecule has 5 nitrogen and oxygen atoms in total. The molecule has 0 unspecified atom stereocenters. The fraction of sp³-hybridized carbons (Fsp3) is 0.312. The second-order valence-electron chi connectivity index (χ2n) is 6.07. The summed E-state index contributed by atoms with van der Waals surface area (Å²) in [6, 6.07) is 3.28. The first kappa shape index (κ1) is 16.2. The Kier molecular flexibility index (Phi) is 3.99. The summed E-state index contributed by atoms with van der Waals surface area (Å²) in [6.07, 6.45) is 0.364. The molecule has 2 aliphatic rings. The van der Waals surface area contributed by atoms with Gasteiger partial charge in [-0.1, -0.05) is 11.6 Å². The minimum atomic E-state index is -0.516. The highest BCUT2D eigenvalue weighted by Crippen LogP contribution is 2.43. The normalized spacial score (nSPS) is 20.1. The Balaban J connectivity index is 1.74. The summed E-state index contributed by atoms with van der Waals surface area (Å²) in [7, 11) is 2.08. The molecule has 1 aromatic carbocycles. The van der Waals surface area contributed by atoms with E-state index in [0.29, 0.717) is 15.1 Å². The van der Waals surface area contributed by atoms with Crippen LogP contribution in [-0.2, 0) is 13.0 Å². The van der Waals surface area contributed by atoms with Crippen LogP contribution in [0.25, 0.3) is 0 Å². The van der Waals surface area contributed by atoms with Crippen LogP contribution < -0.4 is 10.6 Å². The van der Waals surface area contributed by atoms with Crippen molar-refractivity contribution in [1.29, 1.82) is 0 Å². The Morgan fingerprint density at radius 3 is 3.00 bits per heavy atom. The first-order valence-electron chi connectivity index (χ1n) is 7.52. The molecule has 0 aliphatic carbocycles. The molecule has 0 radical (unpaired) electrons. The van der Waals surface area contributed by atoms with E-state index in [2.05, 4.69) is 38.5 Å². The first-order valence-corrected chi connectivity index (χ1v) is 9.51. The van der Waals surface area contributed by atoms with Gasteiger partial charge in [0.2, 0.25) is 0 Å². The van der Waals surface area contributed by atoms with Crippen LogP contribution in [-0.4, -0.2) is 29.5 Å². The van der Waals surface area contributed by atoms with Gasteiger partial charge in [0, 0.05) is 28.6 Å². The Labute approximate surface area is 156 Å². The highest BCUT2D eigenvalue weighted by atomic mass is 79.9. The van der Waals surface area contributed by atoms with Crippen LogP contribution in [0.3, 0.4) is 0 Å². The van der Waals surface area contributed by atoms with Crippen LogP contribution >= 0.6 is 38.9 Å². The maximum atomic E-state index is 12.7. The van der Waals surface area contributed by atoms with E-state index in [1.165, 1.54) is 4.88 Å². The summed E-state index contributed by atoms with van der Waals surface area (Å²) in [5.41, 5.74) is 2.44. The highest BCUT2D eigenvalue weighted by molar-refractivity contribution is 9.10. The molecule has 24 heavy (non-hydrogen) atoms. The van der Waals surface area contributed by atoms with E-state index in [9.17, 15) is 9.90 Å². The predicted molar refractivity (Wildman–Crippen MR) is 99.0 cm³/mol. The van der Waals surface area contributed by atoms with Crippen LogP contribution in [0.15, 0.2) is 16.6 Å². The second kappa shape index (κ2) is 5.91. The van der Waals surface area contributed by atoms with Gasteiger partial charge in [0.25, 0.3) is 5.91 Å². The summed E-state index contributed by atoms with van der Waals surface area (Å²) in [5, 5.41) is 17.9. The van der Waals surface area contributed by atoms with Gasteiger partial charge in [-0.2, -0.15) is 0 Å². The van der Waals surface area contributed by atoms with Crippen LogP contribution in [0.4, 0.5) is 5.00 Å². The zero-order valence-electron chi connectivity index (χ0n) is 12.8. The Morgan fingerprint density at radius 1 is 1.42 bits per heavy atom. The average molecular weight is 429 g/mol. The molecule has 1 amide bonds. The van der Waals surface area contributed by atoms with Crippen molar-refractivity contribution in [2.45, 2.75) is 19.1 Å². The lowest BCUT2D eigenvalue weighted by Gasteiger charge is -2.28. The number of fused-ring (bicyclic) bond motifs is 3. The molecule has 3 heterocycles. The fourth-order valence-electron chi connectivity index (χ4n) is 3.20. The molecule has 1 atom stereocenters. The van der Waals surface area contributed by atoms with Crippen molar-refractivity contribution in [2.75, 3.05) is 18.9 Å². The molecule has 0 bridgehead atoms. The van der Waals surface area contributed by atoms with Gasteiger partial charge >= 0.3 is 0 Å².